The average molecular weight is 350 g/mol. The van der Waals surface area contributed by atoms with Crippen molar-refractivity contribution < 1.29 is 0 Å². The molecule has 0 fully saturated rings. The van der Waals surface area contributed by atoms with E-state index in [1.165, 1.54) is 5.56 Å². The van der Waals surface area contributed by atoms with Crippen LogP contribution in [-0.2, 0) is 0 Å². The summed E-state index contributed by atoms with van der Waals surface area (Å²) in [7, 11) is 0. The lowest BCUT2D eigenvalue weighted by Crippen LogP contribution is -1.93. The van der Waals surface area contributed by atoms with Gasteiger partial charge in [-0.05, 0) is 48.7 Å². The second-order valence-electron chi connectivity index (χ2n) is 3.97. The summed E-state index contributed by atoms with van der Waals surface area (Å²) < 4.78 is 1.89. The molecule has 2 rings (SSSR count). The first-order chi connectivity index (χ1) is 7.99. The van der Waals surface area contributed by atoms with Gasteiger partial charge in [-0.25, -0.2) is 0 Å². The minimum absolute atomic E-state index is 0.126. The van der Waals surface area contributed by atoms with E-state index in [1.54, 1.807) is 11.3 Å². The predicted molar refractivity (Wildman–Crippen MR) is 80.6 cm³/mol. The molecular formula is C13H11BrCl2S. The highest BCUT2D eigenvalue weighted by atomic mass is 79.9. The Labute approximate surface area is 124 Å². The van der Waals surface area contributed by atoms with Crippen molar-refractivity contribution in [1.29, 1.82) is 0 Å². The number of rotatable bonds is 2. The van der Waals surface area contributed by atoms with Crippen LogP contribution in [0.25, 0.3) is 0 Å². The van der Waals surface area contributed by atoms with Gasteiger partial charge in [0.05, 0.1) is 9.71 Å². The fourth-order valence-corrected chi connectivity index (χ4v) is 3.82. The minimum Gasteiger partial charge on any atom is -0.126 e. The first-order valence-electron chi connectivity index (χ1n) is 5.15. The lowest BCUT2D eigenvalue weighted by molar-refractivity contribution is 1.14. The third kappa shape index (κ3) is 2.87. The monoisotopic (exact) mass is 348 g/mol. The molecule has 0 saturated heterocycles. The summed E-state index contributed by atoms with van der Waals surface area (Å²) in [6.45, 7) is 4.07. The van der Waals surface area contributed by atoms with Crippen molar-refractivity contribution in [1.82, 2.24) is 0 Å². The summed E-state index contributed by atoms with van der Waals surface area (Å²) in [5.41, 5.74) is 3.40. The molecule has 0 nitrogen and oxygen atoms in total. The Bertz CT molecular complexity index is 529. The van der Waals surface area contributed by atoms with Crippen LogP contribution in [0.3, 0.4) is 0 Å². The van der Waals surface area contributed by atoms with Crippen LogP contribution in [0.4, 0.5) is 0 Å². The summed E-state index contributed by atoms with van der Waals surface area (Å²) in [6.07, 6.45) is 0. The normalized spacial score (nSPS) is 12.8. The number of alkyl halides is 1. The maximum absolute atomic E-state index is 6.51. The Balaban J connectivity index is 2.39. The molecule has 17 heavy (non-hydrogen) atoms. The van der Waals surface area contributed by atoms with E-state index < -0.39 is 0 Å². The zero-order chi connectivity index (χ0) is 12.6. The van der Waals surface area contributed by atoms with Crippen molar-refractivity contribution in [2.24, 2.45) is 0 Å². The van der Waals surface area contributed by atoms with Crippen LogP contribution < -0.4 is 0 Å². The number of halogens is 3. The third-order valence-corrected chi connectivity index (χ3v) is 5.34. The minimum atomic E-state index is -0.126. The van der Waals surface area contributed by atoms with Gasteiger partial charge in [0.15, 0.2) is 0 Å². The van der Waals surface area contributed by atoms with Crippen molar-refractivity contribution >= 4 is 50.5 Å². The van der Waals surface area contributed by atoms with Crippen LogP contribution in [0.2, 0.25) is 4.34 Å². The highest BCUT2D eigenvalue weighted by molar-refractivity contribution is 9.10. The third-order valence-electron chi connectivity index (χ3n) is 2.63. The van der Waals surface area contributed by atoms with Crippen LogP contribution in [-0.4, -0.2) is 0 Å². The van der Waals surface area contributed by atoms with Gasteiger partial charge in [-0.1, -0.05) is 33.6 Å². The van der Waals surface area contributed by atoms with E-state index >= 15 is 0 Å². The van der Waals surface area contributed by atoms with E-state index in [0.29, 0.717) is 0 Å². The highest BCUT2D eigenvalue weighted by Gasteiger charge is 2.16. The molecule has 0 bridgehead atoms. The number of thiophene rings is 1. The first kappa shape index (κ1) is 13.4. The Kier molecular flexibility index (Phi) is 4.19. The summed E-state index contributed by atoms with van der Waals surface area (Å²) in [6, 6.07) is 8.21. The topological polar surface area (TPSA) is 0 Å². The SMILES string of the molecule is Cc1cc(Br)ccc1C(Cl)c1cc(C)c(Cl)s1. The van der Waals surface area contributed by atoms with E-state index in [9.17, 15) is 0 Å². The molecule has 90 valence electrons. The maximum atomic E-state index is 6.51. The van der Waals surface area contributed by atoms with Crippen molar-refractivity contribution in [2.45, 2.75) is 19.2 Å². The smallest absolute Gasteiger partial charge is 0.0960 e. The van der Waals surface area contributed by atoms with Crippen LogP contribution in [0.5, 0.6) is 0 Å². The lowest BCUT2D eigenvalue weighted by atomic mass is 10.0. The molecule has 0 aliphatic carbocycles. The van der Waals surface area contributed by atoms with E-state index in [2.05, 4.69) is 41.1 Å². The lowest BCUT2D eigenvalue weighted by Gasteiger charge is -2.11. The van der Waals surface area contributed by atoms with Gasteiger partial charge in [-0.3, -0.25) is 0 Å². The summed E-state index contributed by atoms with van der Waals surface area (Å²) in [5.74, 6) is 0. The molecule has 1 unspecified atom stereocenters. The number of aryl methyl sites for hydroxylation is 2. The Morgan fingerprint density at radius 3 is 2.41 bits per heavy atom. The van der Waals surface area contributed by atoms with Gasteiger partial charge in [0.25, 0.3) is 0 Å². The molecule has 1 aromatic carbocycles. The number of benzene rings is 1. The van der Waals surface area contributed by atoms with Crippen molar-refractivity contribution in [3.05, 3.63) is 54.6 Å². The highest BCUT2D eigenvalue weighted by Crippen LogP contribution is 2.39. The Morgan fingerprint density at radius 1 is 1.18 bits per heavy atom. The van der Waals surface area contributed by atoms with Gasteiger partial charge in [0.2, 0.25) is 0 Å². The molecule has 0 aliphatic heterocycles. The summed E-state index contributed by atoms with van der Waals surface area (Å²) in [5, 5.41) is -0.126. The molecule has 1 heterocycles. The molecule has 4 heteroatoms. The van der Waals surface area contributed by atoms with Crippen LogP contribution in [0.1, 0.15) is 26.9 Å². The Hall–Kier alpha value is -0.0200. The van der Waals surface area contributed by atoms with E-state index in [0.717, 1.165) is 24.8 Å². The summed E-state index contributed by atoms with van der Waals surface area (Å²) in [4.78, 5) is 1.10. The second kappa shape index (κ2) is 5.31. The molecule has 0 N–H and O–H groups in total. The van der Waals surface area contributed by atoms with Crippen molar-refractivity contribution in [3.8, 4) is 0 Å². The zero-order valence-corrected chi connectivity index (χ0v) is 13.3. The standard InChI is InChI=1S/C13H11BrCl2S/c1-7-5-9(14)3-4-10(7)12(15)11-6-8(2)13(16)17-11/h3-6,12H,1-2H3. The maximum Gasteiger partial charge on any atom is 0.0960 e. The number of hydrogen-bond acceptors (Lipinski definition) is 1. The molecule has 0 amide bonds. The van der Waals surface area contributed by atoms with E-state index in [-0.39, 0.29) is 5.38 Å². The van der Waals surface area contributed by atoms with Gasteiger partial charge in [0.1, 0.15) is 0 Å². The van der Waals surface area contributed by atoms with Crippen LogP contribution in [0.15, 0.2) is 28.7 Å². The fraction of sp³-hybridized carbons (Fsp3) is 0.231. The molecule has 0 spiro atoms. The fourth-order valence-electron chi connectivity index (χ4n) is 1.69. The van der Waals surface area contributed by atoms with Crippen molar-refractivity contribution in [3.63, 3.8) is 0 Å². The second-order valence-corrected chi connectivity index (χ2v) is 7.01. The average Bonchev–Trinajstić information content (AvgIpc) is 2.58. The van der Waals surface area contributed by atoms with Crippen LogP contribution >= 0.6 is 50.5 Å². The van der Waals surface area contributed by atoms with Gasteiger partial charge in [-0.2, -0.15) is 0 Å². The summed E-state index contributed by atoms with van der Waals surface area (Å²) >= 11 is 17.6. The molecular weight excluding hydrogens is 339 g/mol. The van der Waals surface area contributed by atoms with Gasteiger partial charge in [-0.15, -0.1) is 22.9 Å². The molecule has 1 aromatic heterocycles. The van der Waals surface area contributed by atoms with E-state index in [1.807, 2.05) is 13.0 Å². The zero-order valence-electron chi connectivity index (χ0n) is 9.43. The first-order valence-corrected chi connectivity index (χ1v) is 7.57. The largest absolute Gasteiger partial charge is 0.126 e. The Morgan fingerprint density at radius 2 is 1.88 bits per heavy atom. The van der Waals surface area contributed by atoms with Crippen molar-refractivity contribution in [2.75, 3.05) is 0 Å². The molecule has 2 aromatic rings. The molecule has 0 aliphatic rings. The molecule has 0 radical (unpaired) electrons. The quantitative estimate of drug-likeness (QED) is 0.574. The molecule has 1 atom stereocenters. The van der Waals surface area contributed by atoms with Gasteiger partial charge in [0, 0.05) is 9.35 Å². The number of hydrogen-bond donors (Lipinski definition) is 0. The van der Waals surface area contributed by atoms with Gasteiger partial charge >= 0.3 is 0 Å². The predicted octanol–water partition coefficient (Wildman–Crippen LogP) is 6.11. The van der Waals surface area contributed by atoms with Gasteiger partial charge < -0.3 is 0 Å². The van der Waals surface area contributed by atoms with Crippen LogP contribution in [0, 0.1) is 13.8 Å². The molecule has 0 saturated carbocycles. The van der Waals surface area contributed by atoms with E-state index in [4.69, 9.17) is 23.2 Å².